The van der Waals surface area contributed by atoms with Gasteiger partial charge < -0.3 is 0 Å². The van der Waals surface area contributed by atoms with Crippen LogP contribution in [0, 0.1) is 0 Å². The fraction of sp³-hybridized carbons (Fsp3) is 0. The maximum Gasteiger partial charge on any atom is 0.222 e. The molecule has 0 aromatic heterocycles. The first-order chi connectivity index (χ1) is 12.6. The zero-order chi connectivity index (χ0) is 18.3. The minimum Gasteiger partial charge on any atom is -0.254 e. The summed E-state index contributed by atoms with van der Waals surface area (Å²) in [6, 6.07) is 10.8. The van der Waals surface area contributed by atoms with Gasteiger partial charge in [0.25, 0.3) is 0 Å². The summed E-state index contributed by atoms with van der Waals surface area (Å²) in [5.74, 6) is 0. The lowest BCUT2D eigenvalue weighted by Crippen LogP contribution is -2.39. The molecule has 0 aliphatic carbocycles. The summed E-state index contributed by atoms with van der Waals surface area (Å²) in [6.07, 6.45) is 5.57. The number of allylic oxidation sites excluding steroid dienone is 2. The molecule has 2 aromatic rings. The summed E-state index contributed by atoms with van der Waals surface area (Å²) in [6.45, 7) is 0. The summed E-state index contributed by atoms with van der Waals surface area (Å²) in [7, 11) is -4.95. The molecule has 2 aliphatic heterocycles. The van der Waals surface area contributed by atoms with Gasteiger partial charge >= 0.3 is 0 Å². The highest BCUT2D eigenvalue weighted by Crippen LogP contribution is 2.24. The molecule has 2 aromatic carbocycles. The van der Waals surface area contributed by atoms with E-state index in [0.717, 1.165) is 5.56 Å². The largest absolute Gasteiger partial charge is 0.254 e. The summed E-state index contributed by atoms with van der Waals surface area (Å²) >= 11 is 0. The van der Waals surface area contributed by atoms with Gasteiger partial charge in [-0.1, -0.05) is 30.3 Å². The van der Waals surface area contributed by atoms with Gasteiger partial charge in [-0.25, -0.2) is 0 Å². The number of hydrogen-bond donors (Lipinski definition) is 0. The van der Waals surface area contributed by atoms with Crippen molar-refractivity contribution >= 4 is 30.3 Å². The smallest absolute Gasteiger partial charge is 0.222 e. The zero-order valence-corrected chi connectivity index (χ0v) is 14.8. The molecule has 6 nitrogen and oxygen atoms in total. The van der Waals surface area contributed by atoms with Gasteiger partial charge in [0.2, 0.25) is 20.6 Å². The quantitative estimate of drug-likeness (QED) is 0.669. The van der Waals surface area contributed by atoms with Crippen molar-refractivity contribution in [2.24, 2.45) is 9.98 Å². The molecule has 0 N–H and O–H groups in total. The van der Waals surface area contributed by atoms with Gasteiger partial charge in [-0.3, -0.25) is 9.98 Å². The Bertz CT molecular complexity index is 1400. The molecule has 0 amide bonds. The monoisotopic (exact) mass is 382 g/mol. The van der Waals surface area contributed by atoms with Gasteiger partial charge in [-0.2, -0.15) is 16.8 Å². The Balaban J connectivity index is 2.29. The van der Waals surface area contributed by atoms with Crippen LogP contribution >= 0.6 is 0 Å². The van der Waals surface area contributed by atoms with Crippen molar-refractivity contribution in [2.45, 2.75) is 0 Å². The van der Waals surface area contributed by atoms with Crippen LogP contribution in [0.15, 0.2) is 70.9 Å². The van der Waals surface area contributed by atoms with Crippen molar-refractivity contribution < 1.29 is 16.8 Å². The standard InChI is InChI=1S/C18H10N2O4S2/c21-25(22)14-6-8-19-17-13(14)10-12(11-4-2-1-3-5-11)16-15(26(23)24)7-9-20-18(16)17/h1-10H. The van der Waals surface area contributed by atoms with E-state index in [1.807, 2.05) is 30.3 Å². The van der Waals surface area contributed by atoms with Gasteiger partial charge in [-0.05, 0) is 29.3 Å². The molecule has 2 aliphatic rings. The molecule has 0 bridgehead atoms. The molecule has 0 fully saturated rings. The van der Waals surface area contributed by atoms with E-state index in [2.05, 4.69) is 9.98 Å². The normalized spacial score (nSPS) is 14.2. The van der Waals surface area contributed by atoms with Crippen LogP contribution in [0.25, 0.3) is 11.1 Å². The molecule has 0 atom stereocenters. The topological polar surface area (TPSA) is 93.0 Å². The van der Waals surface area contributed by atoms with E-state index in [4.69, 9.17) is 0 Å². The maximum atomic E-state index is 11.8. The number of rotatable bonds is 1. The average Bonchev–Trinajstić information content (AvgIpc) is 2.66. The van der Waals surface area contributed by atoms with Crippen LogP contribution in [0.1, 0.15) is 11.1 Å². The molecule has 26 heavy (non-hydrogen) atoms. The van der Waals surface area contributed by atoms with Gasteiger partial charge in [0.15, 0.2) is 0 Å². The predicted molar refractivity (Wildman–Crippen MR) is 98.5 cm³/mol. The van der Waals surface area contributed by atoms with Crippen molar-refractivity contribution in [3.63, 3.8) is 0 Å². The van der Waals surface area contributed by atoms with Crippen molar-refractivity contribution in [1.29, 1.82) is 0 Å². The highest BCUT2D eigenvalue weighted by atomic mass is 32.2. The van der Waals surface area contributed by atoms with Crippen LogP contribution in [0.3, 0.4) is 0 Å². The summed E-state index contributed by atoms with van der Waals surface area (Å²) < 4.78 is 46.8. The summed E-state index contributed by atoms with van der Waals surface area (Å²) in [5.41, 5.74) is 2.15. The van der Waals surface area contributed by atoms with Crippen molar-refractivity contribution in [3.05, 3.63) is 82.8 Å². The Kier molecular flexibility index (Phi) is 3.98. The second-order valence-corrected chi connectivity index (χ2v) is 7.32. The fourth-order valence-electron chi connectivity index (χ4n) is 3.01. The second-order valence-electron chi connectivity index (χ2n) is 5.50. The minimum atomic E-state index is -2.48. The lowest BCUT2D eigenvalue weighted by atomic mass is 9.92. The molecule has 0 saturated carbocycles. The van der Waals surface area contributed by atoms with Crippen LogP contribution in [0.2, 0.25) is 0 Å². The Labute approximate surface area is 151 Å². The zero-order valence-electron chi connectivity index (χ0n) is 13.1. The highest BCUT2D eigenvalue weighted by Gasteiger charge is 2.22. The molecular formula is C18H10N2O4S2. The van der Waals surface area contributed by atoms with Crippen molar-refractivity contribution in [2.75, 3.05) is 0 Å². The van der Waals surface area contributed by atoms with E-state index in [9.17, 15) is 16.8 Å². The van der Waals surface area contributed by atoms with Crippen LogP contribution in [-0.2, 0) is 20.6 Å². The maximum absolute atomic E-state index is 11.8. The number of hydrogen-bond acceptors (Lipinski definition) is 6. The third kappa shape index (κ3) is 2.56. The average molecular weight is 382 g/mol. The van der Waals surface area contributed by atoms with Crippen LogP contribution in [0.5, 0.6) is 0 Å². The van der Waals surface area contributed by atoms with Gasteiger partial charge in [-0.15, -0.1) is 0 Å². The Hall–Kier alpha value is -3.10. The number of fused-ring (bicyclic) bond motifs is 3. The number of benzene rings is 2. The second kappa shape index (κ2) is 6.32. The third-order valence-electron chi connectivity index (χ3n) is 4.09. The van der Waals surface area contributed by atoms with Crippen molar-refractivity contribution in [3.8, 4) is 11.1 Å². The molecular weight excluding hydrogens is 372 g/mol. The SMILES string of the molecule is O=S(=O)=C1C=CN=c2c1cc(-c1ccccc1)c1c2=NC=CC1=S(=O)=O. The minimum absolute atomic E-state index is 0.0875. The Morgan fingerprint density at radius 3 is 1.96 bits per heavy atom. The first-order valence-corrected chi connectivity index (χ1v) is 9.67. The first-order valence-electron chi connectivity index (χ1n) is 7.52. The van der Waals surface area contributed by atoms with Gasteiger partial charge in [0.1, 0.15) is 9.73 Å². The Morgan fingerprint density at radius 1 is 0.692 bits per heavy atom. The van der Waals surface area contributed by atoms with E-state index >= 15 is 0 Å². The number of nitrogens with zero attached hydrogens (tertiary/aromatic N) is 2. The van der Waals surface area contributed by atoms with E-state index in [0.29, 0.717) is 27.4 Å². The van der Waals surface area contributed by atoms with Crippen molar-refractivity contribution in [1.82, 2.24) is 0 Å². The van der Waals surface area contributed by atoms with Crippen LogP contribution in [0.4, 0.5) is 0 Å². The van der Waals surface area contributed by atoms with E-state index < -0.39 is 20.6 Å². The molecule has 0 saturated heterocycles. The predicted octanol–water partition coefficient (Wildman–Crippen LogP) is 0.447. The molecule has 8 heteroatoms. The summed E-state index contributed by atoms with van der Waals surface area (Å²) in [5, 5.41) is 0.684. The molecule has 128 valence electrons. The molecule has 4 rings (SSSR count). The third-order valence-corrected chi connectivity index (χ3v) is 5.50. The van der Waals surface area contributed by atoms with Crippen LogP contribution < -0.4 is 10.7 Å². The molecule has 2 heterocycles. The lowest BCUT2D eigenvalue weighted by Gasteiger charge is -2.15. The highest BCUT2D eigenvalue weighted by molar-refractivity contribution is 7.74. The summed E-state index contributed by atoms with van der Waals surface area (Å²) in [4.78, 5) is 8.73. The van der Waals surface area contributed by atoms with E-state index in [1.165, 1.54) is 24.6 Å². The van der Waals surface area contributed by atoms with E-state index in [1.54, 1.807) is 6.07 Å². The molecule has 0 radical (unpaired) electrons. The fourth-order valence-corrected chi connectivity index (χ4v) is 4.07. The molecule has 0 unspecified atom stereocenters. The van der Waals surface area contributed by atoms with Gasteiger partial charge in [0.05, 0.1) is 10.7 Å². The van der Waals surface area contributed by atoms with E-state index in [-0.39, 0.29) is 9.73 Å². The lowest BCUT2D eigenvalue weighted by molar-refractivity contribution is 0.625. The Morgan fingerprint density at radius 2 is 1.31 bits per heavy atom. The van der Waals surface area contributed by atoms with Gasteiger partial charge in [0, 0.05) is 23.5 Å². The van der Waals surface area contributed by atoms with Crippen LogP contribution in [-0.4, -0.2) is 26.6 Å². The first kappa shape index (κ1) is 16.4. The molecule has 0 spiro atoms.